The van der Waals surface area contributed by atoms with Crippen LogP contribution in [0.1, 0.15) is 42.3 Å². The van der Waals surface area contributed by atoms with E-state index in [-0.39, 0.29) is 5.88 Å². The molecule has 4 rings (SSSR count). The number of aromatic hydroxyl groups is 1. The Morgan fingerprint density at radius 1 is 0.946 bits per heavy atom. The van der Waals surface area contributed by atoms with E-state index in [9.17, 15) is 14.7 Å². The summed E-state index contributed by atoms with van der Waals surface area (Å²) in [7, 11) is 2.97. The van der Waals surface area contributed by atoms with E-state index < -0.39 is 17.7 Å². The summed E-state index contributed by atoms with van der Waals surface area (Å²) in [5.74, 6) is -0.535. The molecule has 0 aliphatic rings. The molecule has 0 radical (unpaired) electrons. The number of aromatic amines is 1. The number of nitrogens with zero attached hydrogens (tertiary/aromatic N) is 2. The fraction of sp³-hybridized carbons (Fsp3) is 0.207. The SMILES string of the molecule is COC(=O)c1ccc2c(C(=Nc3ccc(N(C)C(=O)OC(C)(C)C)cc3)c3ccccc3)c(O)[nH]c2c1. The molecule has 190 valence electrons. The van der Waals surface area contributed by atoms with Gasteiger partial charge in [-0.1, -0.05) is 36.4 Å². The van der Waals surface area contributed by atoms with Crippen molar-refractivity contribution in [1.82, 2.24) is 4.98 Å². The van der Waals surface area contributed by atoms with Gasteiger partial charge in [0.2, 0.25) is 0 Å². The zero-order chi connectivity index (χ0) is 26.7. The number of aliphatic imine (C=N–C) groups is 1. The number of methoxy groups -OCH3 is 1. The molecule has 4 aromatic rings. The van der Waals surface area contributed by atoms with Crippen LogP contribution < -0.4 is 4.90 Å². The first-order chi connectivity index (χ1) is 17.6. The van der Waals surface area contributed by atoms with Crippen molar-refractivity contribution < 1.29 is 24.2 Å². The Kier molecular flexibility index (Phi) is 7.02. The highest BCUT2D eigenvalue weighted by Crippen LogP contribution is 2.32. The van der Waals surface area contributed by atoms with Gasteiger partial charge in [0.05, 0.1) is 29.6 Å². The van der Waals surface area contributed by atoms with Crippen molar-refractivity contribution in [3.05, 3.63) is 89.5 Å². The van der Waals surface area contributed by atoms with Crippen molar-refractivity contribution >= 4 is 40.1 Å². The molecule has 0 bridgehead atoms. The lowest BCUT2D eigenvalue weighted by Gasteiger charge is -2.24. The second-order valence-corrected chi connectivity index (χ2v) is 9.48. The summed E-state index contributed by atoms with van der Waals surface area (Å²) in [6, 6.07) is 21.7. The predicted molar refractivity (Wildman–Crippen MR) is 144 cm³/mol. The summed E-state index contributed by atoms with van der Waals surface area (Å²) in [5, 5.41) is 11.6. The van der Waals surface area contributed by atoms with E-state index in [1.165, 1.54) is 12.0 Å². The summed E-state index contributed by atoms with van der Waals surface area (Å²) < 4.78 is 10.3. The Morgan fingerprint density at radius 2 is 1.62 bits per heavy atom. The third-order valence-electron chi connectivity index (χ3n) is 5.63. The molecule has 8 heteroatoms. The van der Waals surface area contributed by atoms with E-state index in [0.29, 0.717) is 39.1 Å². The van der Waals surface area contributed by atoms with Crippen molar-refractivity contribution in [2.75, 3.05) is 19.1 Å². The van der Waals surface area contributed by atoms with Gasteiger partial charge in [0.25, 0.3) is 0 Å². The third kappa shape index (κ3) is 5.64. The van der Waals surface area contributed by atoms with Crippen molar-refractivity contribution in [3.8, 4) is 5.88 Å². The first-order valence-corrected chi connectivity index (χ1v) is 11.7. The van der Waals surface area contributed by atoms with Crippen LogP contribution in [0.3, 0.4) is 0 Å². The van der Waals surface area contributed by atoms with Gasteiger partial charge in [-0.3, -0.25) is 4.90 Å². The molecular weight excluding hydrogens is 470 g/mol. The number of benzene rings is 3. The van der Waals surface area contributed by atoms with Gasteiger partial charge in [-0.05, 0) is 57.2 Å². The number of rotatable bonds is 5. The van der Waals surface area contributed by atoms with Gasteiger partial charge in [-0.25, -0.2) is 14.6 Å². The monoisotopic (exact) mass is 499 g/mol. The lowest BCUT2D eigenvalue weighted by Crippen LogP contribution is -2.34. The number of nitrogens with one attached hydrogen (secondary N) is 1. The topological polar surface area (TPSA) is 104 Å². The maximum absolute atomic E-state index is 12.4. The molecule has 0 aliphatic carbocycles. The smallest absolute Gasteiger partial charge is 0.414 e. The molecule has 2 N–H and O–H groups in total. The second kappa shape index (κ2) is 10.2. The van der Waals surface area contributed by atoms with Gasteiger partial charge in [0.1, 0.15) is 5.60 Å². The minimum atomic E-state index is -0.598. The molecule has 0 atom stereocenters. The third-order valence-corrected chi connectivity index (χ3v) is 5.63. The molecule has 1 heterocycles. The van der Waals surface area contributed by atoms with Crippen LogP contribution in [0.5, 0.6) is 5.88 Å². The zero-order valence-corrected chi connectivity index (χ0v) is 21.4. The van der Waals surface area contributed by atoms with Crippen LogP contribution in [-0.4, -0.2) is 47.6 Å². The number of hydrogen-bond acceptors (Lipinski definition) is 6. The van der Waals surface area contributed by atoms with Crippen molar-refractivity contribution in [2.45, 2.75) is 26.4 Å². The van der Waals surface area contributed by atoms with Gasteiger partial charge in [-0.15, -0.1) is 0 Å². The average molecular weight is 500 g/mol. The van der Waals surface area contributed by atoms with Crippen LogP contribution in [0.15, 0.2) is 77.8 Å². The van der Waals surface area contributed by atoms with Gasteiger partial charge >= 0.3 is 12.1 Å². The summed E-state index contributed by atoms with van der Waals surface area (Å²) in [6.45, 7) is 5.45. The zero-order valence-electron chi connectivity index (χ0n) is 21.4. The molecule has 3 aromatic carbocycles. The molecule has 0 fully saturated rings. The van der Waals surface area contributed by atoms with Gasteiger partial charge < -0.3 is 19.6 Å². The number of ether oxygens (including phenoxy) is 2. The maximum Gasteiger partial charge on any atom is 0.414 e. The second-order valence-electron chi connectivity index (χ2n) is 9.48. The number of esters is 1. The molecule has 37 heavy (non-hydrogen) atoms. The lowest BCUT2D eigenvalue weighted by atomic mass is 10.00. The van der Waals surface area contributed by atoms with Crippen LogP contribution in [0.2, 0.25) is 0 Å². The van der Waals surface area contributed by atoms with E-state index in [0.717, 1.165) is 5.56 Å². The van der Waals surface area contributed by atoms with Gasteiger partial charge in [0.15, 0.2) is 5.88 Å². The quantitative estimate of drug-likeness (QED) is 0.251. The average Bonchev–Trinajstić information content (AvgIpc) is 3.20. The summed E-state index contributed by atoms with van der Waals surface area (Å²) >= 11 is 0. The van der Waals surface area contributed by atoms with E-state index >= 15 is 0 Å². The number of H-pyrrole nitrogens is 1. The number of aromatic nitrogens is 1. The minimum Gasteiger partial charge on any atom is -0.494 e. The normalized spacial score (nSPS) is 11.9. The first-order valence-electron chi connectivity index (χ1n) is 11.7. The summed E-state index contributed by atoms with van der Waals surface area (Å²) in [5.41, 5.74) is 3.47. The number of hydrogen-bond donors (Lipinski definition) is 2. The molecule has 8 nitrogen and oxygen atoms in total. The predicted octanol–water partition coefficient (Wildman–Crippen LogP) is 6.20. The maximum atomic E-state index is 12.4. The minimum absolute atomic E-state index is 0.0686. The van der Waals surface area contributed by atoms with Crippen LogP contribution in [-0.2, 0) is 9.47 Å². The first kappa shape index (κ1) is 25.5. The van der Waals surface area contributed by atoms with E-state index in [2.05, 4.69) is 4.98 Å². The van der Waals surface area contributed by atoms with Crippen molar-refractivity contribution in [2.24, 2.45) is 4.99 Å². The van der Waals surface area contributed by atoms with Crippen LogP contribution in [0, 0.1) is 0 Å². The largest absolute Gasteiger partial charge is 0.494 e. The molecule has 0 spiro atoms. The number of anilines is 1. The molecule has 0 aliphatic heterocycles. The molecule has 0 saturated heterocycles. The summed E-state index contributed by atoms with van der Waals surface area (Å²) in [6.07, 6.45) is -0.455. The van der Waals surface area contributed by atoms with Crippen LogP contribution in [0.4, 0.5) is 16.2 Å². The number of fused-ring (bicyclic) bond motifs is 1. The Balaban J connectivity index is 1.76. The Hall–Kier alpha value is -4.59. The van der Waals surface area contributed by atoms with Gasteiger partial charge in [-0.2, -0.15) is 0 Å². The molecule has 1 aromatic heterocycles. The summed E-state index contributed by atoms with van der Waals surface area (Å²) in [4.78, 5) is 33.7. The highest BCUT2D eigenvalue weighted by Gasteiger charge is 2.22. The Morgan fingerprint density at radius 3 is 2.24 bits per heavy atom. The van der Waals surface area contributed by atoms with E-state index in [4.69, 9.17) is 14.5 Å². The Bertz CT molecular complexity index is 1470. The highest BCUT2D eigenvalue weighted by atomic mass is 16.6. The van der Waals surface area contributed by atoms with Crippen LogP contribution >= 0.6 is 0 Å². The molecule has 1 amide bonds. The van der Waals surface area contributed by atoms with Crippen LogP contribution in [0.25, 0.3) is 10.9 Å². The Labute approximate surface area is 215 Å². The van der Waals surface area contributed by atoms with E-state index in [1.54, 1.807) is 49.5 Å². The molecular formula is C29H29N3O5. The fourth-order valence-electron chi connectivity index (χ4n) is 3.84. The van der Waals surface area contributed by atoms with E-state index in [1.807, 2.05) is 51.1 Å². The number of amides is 1. The molecule has 0 unspecified atom stereocenters. The number of carbonyl (C=O) groups excluding carboxylic acids is 2. The molecule has 0 saturated carbocycles. The fourth-order valence-corrected chi connectivity index (χ4v) is 3.84. The lowest BCUT2D eigenvalue weighted by molar-refractivity contribution is 0.0584. The van der Waals surface area contributed by atoms with Crippen molar-refractivity contribution in [3.63, 3.8) is 0 Å². The standard InChI is InChI=1S/C29H29N3O5/c1-29(2,3)37-28(35)32(4)21-14-12-20(13-15-21)30-25(18-9-7-6-8-10-18)24-22-16-11-19(27(34)36-5)17-23(22)31-26(24)33/h6-17,31,33H,1-5H3. The number of carbonyl (C=O) groups is 2. The van der Waals surface area contributed by atoms with Gasteiger partial charge in [0, 0.05) is 29.2 Å². The highest BCUT2D eigenvalue weighted by molar-refractivity contribution is 6.22. The van der Waals surface area contributed by atoms with Crippen molar-refractivity contribution in [1.29, 1.82) is 0 Å².